The van der Waals surface area contributed by atoms with Crippen LogP contribution in [0.2, 0.25) is 0 Å². The molecular weight excluding hydrogens is 768 g/mol. The molecule has 3 N–H and O–H groups in total. The van der Waals surface area contributed by atoms with Crippen LogP contribution in [0.1, 0.15) is 78.4 Å². The van der Waals surface area contributed by atoms with E-state index in [-0.39, 0.29) is 39.3 Å². The van der Waals surface area contributed by atoms with Crippen molar-refractivity contribution in [2.45, 2.75) is 85.7 Å². The van der Waals surface area contributed by atoms with Gasteiger partial charge in [0.2, 0.25) is 17.7 Å². The molecule has 0 unspecified atom stereocenters. The molecule has 0 atom stereocenters. The van der Waals surface area contributed by atoms with Gasteiger partial charge in [-0.15, -0.1) is 0 Å². The first kappa shape index (κ1) is 50.4. The van der Waals surface area contributed by atoms with Crippen molar-refractivity contribution in [3.8, 4) is 0 Å². The number of rotatable bonds is 15. The van der Waals surface area contributed by atoms with Crippen molar-refractivity contribution < 1.29 is 52.5 Å². The molecule has 0 aromatic carbocycles. The Balaban J connectivity index is 2.33. The minimum atomic E-state index is -0.719. The molecule has 59 heavy (non-hydrogen) atoms. The van der Waals surface area contributed by atoms with Crippen molar-refractivity contribution in [3.63, 3.8) is 0 Å². The first-order chi connectivity index (χ1) is 27.4. The highest BCUT2D eigenvalue weighted by molar-refractivity contribution is 5.89. The third kappa shape index (κ3) is 23.5. The molecule has 0 radical (unpaired) electrons. The summed E-state index contributed by atoms with van der Waals surface area (Å²) in [6.45, 7) is 17.7. The Bertz CT molecular complexity index is 1520. The predicted molar refractivity (Wildman–Crippen MR) is 217 cm³/mol. The number of methoxy groups -OCH3 is 1. The number of nitrogens with one attached hydrogen (secondary N) is 3. The van der Waals surface area contributed by atoms with Crippen molar-refractivity contribution in [2.24, 2.45) is 0 Å². The Labute approximate surface area is 348 Å². The molecule has 1 saturated heterocycles. The zero-order valence-electron chi connectivity index (χ0n) is 36.6. The fourth-order valence-electron chi connectivity index (χ4n) is 5.67. The molecule has 0 saturated carbocycles. The molecule has 0 bridgehead atoms. The number of aromatic nitrogens is 1. The van der Waals surface area contributed by atoms with Gasteiger partial charge in [0.25, 0.3) is 0 Å². The largest absolute Gasteiger partial charge is 0.465 e. The molecular formula is C40H66N8O11. The van der Waals surface area contributed by atoms with E-state index in [0.717, 1.165) is 0 Å². The van der Waals surface area contributed by atoms with Crippen molar-refractivity contribution in [2.75, 3.05) is 98.7 Å². The van der Waals surface area contributed by atoms with Gasteiger partial charge in [0.15, 0.2) is 0 Å². The van der Waals surface area contributed by atoms with Crippen LogP contribution < -0.4 is 16.0 Å². The maximum Gasteiger partial charge on any atom is 0.337 e. The van der Waals surface area contributed by atoms with E-state index in [1.165, 1.54) is 13.3 Å². The topological polar surface area (TPSA) is 218 Å². The molecule has 332 valence electrons. The molecule has 2 heterocycles. The lowest BCUT2D eigenvalue weighted by Crippen LogP contribution is -2.51. The summed E-state index contributed by atoms with van der Waals surface area (Å²) in [6, 6.07) is 3.21. The number of nitrogens with zero attached hydrogens (tertiary/aromatic N) is 5. The van der Waals surface area contributed by atoms with Crippen LogP contribution in [-0.4, -0.2) is 182 Å². The van der Waals surface area contributed by atoms with Crippen LogP contribution in [0.5, 0.6) is 0 Å². The van der Waals surface area contributed by atoms with E-state index < -0.39 is 58.4 Å². The molecule has 1 fully saturated rings. The summed E-state index contributed by atoms with van der Waals surface area (Å²) < 4.78 is 20.8. The van der Waals surface area contributed by atoms with Crippen LogP contribution in [0.15, 0.2) is 18.3 Å². The Kier molecular flexibility index (Phi) is 20.3. The number of hydrogen-bond acceptors (Lipinski definition) is 16. The average Bonchev–Trinajstić information content (AvgIpc) is 3.11. The summed E-state index contributed by atoms with van der Waals surface area (Å²) in [4.78, 5) is 101. The Morgan fingerprint density at radius 3 is 1.19 bits per heavy atom. The molecule has 1 aromatic heterocycles. The van der Waals surface area contributed by atoms with E-state index in [1.54, 1.807) is 74.4 Å². The van der Waals surface area contributed by atoms with Crippen molar-refractivity contribution in [1.82, 2.24) is 40.5 Å². The van der Waals surface area contributed by atoms with Crippen molar-refractivity contribution >= 4 is 41.6 Å². The summed E-state index contributed by atoms with van der Waals surface area (Å²) >= 11 is 0. The van der Waals surface area contributed by atoms with E-state index in [9.17, 15) is 33.6 Å². The summed E-state index contributed by atoms with van der Waals surface area (Å²) in [7, 11) is 1.30. The third-order valence-electron chi connectivity index (χ3n) is 8.20. The number of esters is 4. The van der Waals surface area contributed by atoms with E-state index >= 15 is 0 Å². The van der Waals surface area contributed by atoms with Crippen LogP contribution in [0.25, 0.3) is 0 Å². The van der Waals surface area contributed by atoms with Gasteiger partial charge in [-0.1, -0.05) is 0 Å². The molecule has 19 heteroatoms. The summed E-state index contributed by atoms with van der Waals surface area (Å²) in [5, 5.41) is 7.88. The molecule has 1 aliphatic rings. The molecule has 19 nitrogen and oxygen atoms in total. The van der Waals surface area contributed by atoms with Crippen LogP contribution in [0.3, 0.4) is 0 Å². The zero-order valence-corrected chi connectivity index (χ0v) is 36.6. The number of amides is 3. The van der Waals surface area contributed by atoms with Gasteiger partial charge in [-0.25, -0.2) is 4.79 Å². The van der Waals surface area contributed by atoms with E-state index in [1.807, 2.05) is 14.7 Å². The molecule has 0 aliphatic carbocycles. The fourth-order valence-corrected chi connectivity index (χ4v) is 5.67. The van der Waals surface area contributed by atoms with Gasteiger partial charge >= 0.3 is 23.9 Å². The summed E-state index contributed by atoms with van der Waals surface area (Å²) in [5.41, 5.74) is -1.20. The third-order valence-corrected chi connectivity index (χ3v) is 8.20. The lowest BCUT2D eigenvalue weighted by Gasteiger charge is -2.33. The normalized spacial score (nSPS) is 15.8. The van der Waals surface area contributed by atoms with Gasteiger partial charge in [0.1, 0.15) is 36.4 Å². The van der Waals surface area contributed by atoms with Gasteiger partial charge in [0, 0.05) is 65.1 Å². The zero-order chi connectivity index (χ0) is 44.4. The maximum absolute atomic E-state index is 13.2. The number of ether oxygens (including phenoxy) is 4. The first-order valence-electron chi connectivity index (χ1n) is 19.8. The highest BCUT2D eigenvalue weighted by Gasteiger charge is 2.24. The SMILES string of the molecule is COC(=O)c1ccnc(CN2CCN(CC(=O)NCC(=O)OC(C)(C)C)CCN(CC(=O)NCC(=O)OC(C)(C)C)CCN(CC(=O)NCC(=O)OC(C)(C)C)CC2)c1. The minimum Gasteiger partial charge on any atom is -0.465 e. The van der Waals surface area contributed by atoms with E-state index in [0.29, 0.717) is 70.2 Å². The molecule has 2 rings (SSSR count). The standard InChI is InChI=1S/C40H66N8O11/c1-38(2,3)57-34(52)22-42-31(49)26-46-15-13-45(25-30-21-29(11-12-41-30)37(55)56-10)14-16-47(27-32(50)43-23-35(53)58-39(4,5)6)18-20-48(19-17-46)28-33(51)44-24-36(54)59-40(7,8)9/h11-12,21H,13-20,22-28H2,1-10H3,(H,42,49)(H,43,50)(H,44,51). The van der Waals surface area contributed by atoms with Crippen LogP contribution in [-0.2, 0) is 54.3 Å². The monoisotopic (exact) mass is 834 g/mol. The van der Waals surface area contributed by atoms with E-state index in [2.05, 4.69) is 25.8 Å². The predicted octanol–water partition coefficient (Wildman–Crippen LogP) is -0.0365. The van der Waals surface area contributed by atoms with Crippen LogP contribution in [0.4, 0.5) is 0 Å². The number of hydrogen-bond donors (Lipinski definition) is 3. The van der Waals surface area contributed by atoms with Gasteiger partial charge in [-0.3, -0.25) is 53.4 Å². The summed E-state index contributed by atoms with van der Waals surface area (Å²) in [6.07, 6.45) is 1.53. The smallest absolute Gasteiger partial charge is 0.337 e. The van der Waals surface area contributed by atoms with Gasteiger partial charge in [-0.2, -0.15) is 0 Å². The number of pyridine rings is 1. The Morgan fingerprint density at radius 1 is 0.559 bits per heavy atom. The fraction of sp³-hybridized carbons (Fsp3) is 0.700. The van der Waals surface area contributed by atoms with Gasteiger partial charge in [0.05, 0.1) is 38.0 Å². The van der Waals surface area contributed by atoms with E-state index in [4.69, 9.17) is 18.9 Å². The average molecular weight is 835 g/mol. The van der Waals surface area contributed by atoms with Gasteiger partial charge in [-0.05, 0) is 74.4 Å². The first-order valence-corrected chi connectivity index (χ1v) is 19.8. The maximum atomic E-state index is 13.2. The highest BCUT2D eigenvalue weighted by Crippen LogP contribution is 2.11. The molecule has 3 amide bonds. The second-order valence-corrected chi connectivity index (χ2v) is 17.2. The second-order valence-electron chi connectivity index (χ2n) is 17.2. The van der Waals surface area contributed by atoms with Crippen molar-refractivity contribution in [3.05, 3.63) is 29.6 Å². The van der Waals surface area contributed by atoms with Crippen LogP contribution >= 0.6 is 0 Å². The van der Waals surface area contributed by atoms with Crippen molar-refractivity contribution in [1.29, 1.82) is 0 Å². The Morgan fingerprint density at radius 2 is 0.881 bits per heavy atom. The number of carbonyl (C=O) groups is 7. The lowest BCUT2D eigenvalue weighted by atomic mass is 10.2. The quantitative estimate of drug-likeness (QED) is 0.156. The lowest BCUT2D eigenvalue weighted by molar-refractivity contribution is -0.155. The minimum absolute atomic E-state index is 0.0602. The second kappa shape index (κ2) is 23.8. The van der Waals surface area contributed by atoms with Gasteiger partial charge < -0.3 is 34.9 Å². The molecule has 1 aliphatic heterocycles. The highest BCUT2D eigenvalue weighted by atomic mass is 16.6. The Hall–Kier alpha value is -4.72. The summed E-state index contributed by atoms with van der Waals surface area (Å²) in [5.74, 6) is -3.43. The van der Waals surface area contributed by atoms with Crippen LogP contribution in [0, 0.1) is 0 Å². The number of carbonyl (C=O) groups excluding carboxylic acids is 7. The molecule has 1 aromatic rings. The molecule has 0 spiro atoms.